The number of fused-ring (bicyclic) bond motifs is 4. The lowest BCUT2D eigenvalue weighted by Crippen LogP contribution is -2.61. The Morgan fingerprint density at radius 2 is 1.02 bits per heavy atom. The maximum absolute atomic E-state index is 13.7. The van der Waals surface area contributed by atoms with Crippen LogP contribution in [0.25, 0.3) is 0 Å². The number of morpholine rings is 2. The van der Waals surface area contributed by atoms with Gasteiger partial charge in [-0.15, -0.1) is 23.2 Å². The molecule has 0 aliphatic carbocycles. The van der Waals surface area contributed by atoms with Crippen molar-refractivity contribution in [3.05, 3.63) is 0 Å². The second-order valence-corrected chi connectivity index (χ2v) is 29.1. The van der Waals surface area contributed by atoms with Crippen molar-refractivity contribution in [1.29, 1.82) is 0 Å². The molecule has 9 saturated heterocycles. The van der Waals surface area contributed by atoms with Gasteiger partial charge in [-0.3, -0.25) is 19.4 Å². The summed E-state index contributed by atoms with van der Waals surface area (Å²) in [7, 11) is 0. The van der Waals surface area contributed by atoms with Crippen LogP contribution in [0.5, 0.6) is 0 Å². The maximum atomic E-state index is 13.7. The van der Waals surface area contributed by atoms with Crippen LogP contribution in [0.4, 0.5) is 4.79 Å². The van der Waals surface area contributed by atoms with Gasteiger partial charge in [0.25, 0.3) is 0 Å². The summed E-state index contributed by atoms with van der Waals surface area (Å²) >= 11 is 9.53. The highest BCUT2D eigenvalue weighted by molar-refractivity contribution is 6.40. The smallest absolute Gasteiger partial charge is 0.459 e. The number of carbonyl (C=O) groups excluding carboxylic acids is 3. The van der Waals surface area contributed by atoms with Crippen molar-refractivity contribution >= 4 is 41.3 Å². The molecule has 9 heterocycles. The fraction of sp³-hybridized carbons (Fsp3) is 0.953. The van der Waals surface area contributed by atoms with Gasteiger partial charge in [0.1, 0.15) is 36.1 Å². The van der Waals surface area contributed by atoms with Gasteiger partial charge in [-0.1, -0.05) is 55.4 Å². The summed E-state index contributed by atoms with van der Waals surface area (Å²) in [5.41, 5.74) is -4.79. The summed E-state index contributed by atoms with van der Waals surface area (Å²) in [6.45, 7) is 34.8. The summed E-state index contributed by atoms with van der Waals surface area (Å²) in [4.78, 5) is 43.9. The third kappa shape index (κ3) is 16.0. The summed E-state index contributed by atoms with van der Waals surface area (Å²) < 4.78 is 73.9. The van der Waals surface area contributed by atoms with Gasteiger partial charge < -0.3 is 87.5 Å². The van der Waals surface area contributed by atoms with E-state index in [1.807, 2.05) is 69.2 Å². The van der Waals surface area contributed by atoms with E-state index in [0.717, 1.165) is 26.2 Å². The largest absolute Gasteiger partial charge is 0.509 e. The van der Waals surface area contributed by atoms with Crippen LogP contribution in [-0.2, 0) is 66.4 Å². The van der Waals surface area contributed by atoms with E-state index in [2.05, 4.69) is 16.7 Å². The summed E-state index contributed by atoms with van der Waals surface area (Å²) in [5.74, 6) is -5.26. The SMILES string of the molecule is CC[C@@H](O)[C@@](C)(O)[C@@H]1OC(=O)[C@H](C)[C@@H](O)[C@H](C)[C@@H](O[C@@H]2OC(C)CC(N3CCOCC3)C2O)[C@]2(C)CC(C)C(O2)[C@@H]1C.CC[C@H]1OC(=O)O[C@@]1(C)[C@@H]1OC(=O)[C@H](C)[C@@H](O)[C@H](C)[C@@H](O[C@@H]2OC(C)CC(N3CCOCC3)C2O)[C@]2(C)CC(C)C(O2)[C@@H]1C.ClCCl. The van der Waals surface area contributed by atoms with Crippen molar-refractivity contribution in [2.45, 2.75) is 282 Å². The molecule has 4 bridgehead atoms. The van der Waals surface area contributed by atoms with Gasteiger partial charge in [-0.25, -0.2) is 4.79 Å². The Hall–Kier alpha value is -1.85. The minimum Gasteiger partial charge on any atom is -0.459 e. The van der Waals surface area contributed by atoms with Crippen molar-refractivity contribution in [2.75, 3.05) is 57.9 Å². The molecule has 9 fully saturated rings. The molecular weight excluding hydrogens is 1200 g/mol. The number of cyclic esters (lactones) is 4. The number of alkyl halides is 2. The van der Waals surface area contributed by atoms with Crippen molar-refractivity contribution in [3.8, 4) is 0 Å². The lowest BCUT2D eigenvalue weighted by atomic mass is 9.76. The normalized spacial score (nSPS) is 48.0. The standard InChI is InChI=1S/C32H53NO11.C31H55NO10.CH2Cl2/c1-9-22-32(8,44-30(37)40-22)27-20(6)25-16(2)15-31(7,43-25)26(18(4)23(34)19(5)28(36)41-27)42-29-24(35)21(14-17(3)39-29)33-10-12-38-13-11-33;1-9-22(33)31(8,37)27-20(6)25-16(2)15-30(7,42-25)26(18(4)23(34)19(5)28(36)40-27)41-29-24(35)21(14-17(3)39-29)32-10-12-38-13-11-32;2-1-3/h16-27,29,34-35H,9-15H2,1-8H3;16-27,29,33-35,37H,9-15H2,1-8H3;1H2/t16?,17?,18-,19+,20-,21?,22+,23-,24?,25?,26+,27+,29-,31-,32+;16?,17?,18-,19+,20-,21?,22+,23-,24?,25?,26+,27+,29-,30-,31+;/m00./s1. The second kappa shape index (κ2) is 30.9. The Labute approximate surface area is 537 Å². The highest BCUT2D eigenvalue weighted by Crippen LogP contribution is 2.51. The Morgan fingerprint density at radius 1 is 0.618 bits per heavy atom. The van der Waals surface area contributed by atoms with Crippen molar-refractivity contribution in [2.24, 2.45) is 47.3 Å². The molecule has 6 N–H and O–H groups in total. The van der Waals surface area contributed by atoms with Crippen LogP contribution >= 0.6 is 23.2 Å². The monoisotopic (exact) mass is 1310 g/mol. The van der Waals surface area contributed by atoms with Gasteiger partial charge in [0.05, 0.1) is 110 Å². The Kier molecular flexibility index (Phi) is 25.9. The number of aliphatic hydroxyl groups is 6. The summed E-state index contributed by atoms with van der Waals surface area (Å²) in [6, 6.07) is -0.339. The van der Waals surface area contributed by atoms with Gasteiger partial charge in [-0.2, -0.15) is 0 Å². The van der Waals surface area contributed by atoms with Gasteiger partial charge in [0.2, 0.25) is 0 Å². The van der Waals surface area contributed by atoms with Gasteiger partial charge in [0, 0.05) is 61.9 Å². The number of ether oxygens (including phenoxy) is 12. The molecule has 9 rings (SSSR count). The number of aliphatic hydroxyl groups excluding tert-OH is 5. The molecule has 9 aliphatic heterocycles. The maximum Gasteiger partial charge on any atom is 0.509 e. The average molecular weight is 1310 g/mol. The van der Waals surface area contributed by atoms with Crippen LogP contribution < -0.4 is 0 Å². The molecule has 0 aromatic heterocycles. The topological polar surface area (TPSA) is 290 Å². The number of esters is 2. The lowest BCUT2D eigenvalue weighted by molar-refractivity contribution is -0.303. The molecule has 23 nitrogen and oxygen atoms in total. The number of carbonyl (C=O) groups is 3. The number of nitrogens with zero attached hydrogens (tertiary/aromatic N) is 2. The second-order valence-electron chi connectivity index (χ2n) is 28.3. The predicted octanol–water partition coefficient (Wildman–Crippen LogP) is 5.54. The molecular formula is C64H110Cl2N2O21. The molecule has 0 saturated carbocycles. The van der Waals surface area contributed by atoms with Gasteiger partial charge in [0.15, 0.2) is 18.2 Å². The van der Waals surface area contributed by atoms with Gasteiger partial charge in [-0.05, 0) is 106 Å². The van der Waals surface area contributed by atoms with Crippen molar-refractivity contribution in [3.63, 3.8) is 0 Å². The van der Waals surface area contributed by atoms with Crippen molar-refractivity contribution in [1.82, 2.24) is 9.80 Å². The molecule has 9 aliphatic rings. The zero-order valence-corrected chi connectivity index (χ0v) is 57.1. The molecule has 30 atom stereocenters. The van der Waals surface area contributed by atoms with Crippen LogP contribution in [0.1, 0.15) is 149 Å². The summed E-state index contributed by atoms with van der Waals surface area (Å²) in [5, 5.41) is 68.7. The third-order valence-corrected chi connectivity index (χ3v) is 21.4. The number of halogens is 2. The van der Waals surface area contributed by atoms with Crippen LogP contribution in [0.3, 0.4) is 0 Å². The molecule has 0 spiro atoms. The quantitative estimate of drug-likeness (QED) is 0.0841. The molecule has 0 radical (unpaired) electrons. The van der Waals surface area contributed by atoms with Crippen LogP contribution in [-0.4, -0.2) is 249 Å². The zero-order valence-electron chi connectivity index (χ0n) is 55.6. The van der Waals surface area contributed by atoms with Crippen LogP contribution in [0, 0.1) is 47.3 Å². The van der Waals surface area contributed by atoms with E-state index >= 15 is 0 Å². The van der Waals surface area contributed by atoms with Crippen LogP contribution in [0.15, 0.2) is 0 Å². The van der Waals surface area contributed by atoms with Gasteiger partial charge >= 0.3 is 18.1 Å². The number of rotatable bonds is 11. The first kappa shape index (κ1) is 74.5. The Morgan fingerprint density at radius 3 is 1.43 bits per heavy atom. The van der Waals surface area contributed by atoms with E-state index in [9.17, 15) is 45.0 Å². The van der Waals surface area contributed by atoms with Crippen LogP contribution in [0.2, 0.25) is 0 Å². The first-order valence-corrected chi connectivity index (χ1v) is 34.0. The first-order valence-electron chi connectivity index (χ1n) is 32.9. The first-order chi connectivity index (χ1) is 41.7. The minimum atomic E-state index is -1.74. The summed E-state index contributed by atoms with van der Waals surface area (Å²) in [6.07, 6.45) is -10.1. The highest BCUT2D eigenvalue weighted by Gasteiger charge is 2.63. The van der Waals surface area contributed by atoms with E-state index in [-0.39, 0.29) is 47.9 Å². The Bertz CT molecular complexity index is 2290. The number of hydrogen-bond donors (Lipinski definition) is 6. The lowest BCUT2D eigenvalue weighted by Gasteiger charge is -2.48. The van der Waals surface area contributed by atoms with E-state index < -0.39 is 162 Å². The predicted molar refractivity (Wildman–Crippen MR) is 326 cm³/mol. The van der Waals surface area contributed by atoms with E-state index in [1.54, 1.807) is 27.7 Å². The fourth-order valence-electron chi connectivity index (χ4n) is 16.5. The minimum absolute atomic E-state index is 0.00224. The molecule has 89 heavy (non-hydrogen) atoms. The molecule has 0 aromatic rings. The molecule has 0 aromatic carbocycles. The molecule has 10 unspecified atom stereocenters. The Balaban J connectivity index is 0.000000243. The zero-order chi connectivity index (χ0) is 66.0. The average Bonchev–Trinajstić information content (AvgIpc) is 1.66. The molecule has 516 valence electrons. The molecule has 0 amide bonds. The van der Waals surface area contributed by atoms with Crippen molar-refractivity contribution < 1.29 is 102 Å². The van der Waals surface area contributed by atoms with E-state index in [4.69, 9.17) is 80.0 Å². The van der Waals surface area contributed by atoms with E-state index in [1.165, 1.54) is 6.92 Å². The number of hydrogen-bond acceptors (Lipinski definition) is 23. The third-order valence-electron chi connectivity index (χ3n) is 21.4. The fourth-order valence-corrected chi connectivity index (χ4v) is 16.5. The highest BCUT2D eigenvalue weighted by atomic mass is 35.5. The van der Waals surface area contributed by atoms with E-state index in [0.29, 0.717) is 58.5 Å². The molecule has 25 heteroatoms.